The molecule has 9 heteroatoms. The highest BCUT2D eigenvalue weighted by Gasteiger charge is 2.25. The number of aryl methyl sites for hydroxylation is 1. The van der Waals surface area contributed by atoms with E-state index < -0.39 is 38.6 Å². The lowest BCUT2D eigenvalue weighted by molar-refractivity contribution is -0.127. The van der Waals surface area contributed by atoms with E-state index in [2.05, 4.69) is 0 Å². The second-order valence-electron chi connectivity index (χ2n) is 5.60. The van der Waals surface area contributed by atoms with Gasteiger partial charge >= 0.3 is 0 Å². The van der Waals surface area contributed by atoms with E-state index >= 15 is 0 Å². The Bertz CT molecular complexity index is 912. The van der Waals surface area contributed by atoms with E-state index in [4.69, 9.17) is 4.74 Å². The quantitative estimate of drug-likeness (QED) is 0.749. The maximum Gasteiger partial charge on any atom is 0.275 e. The molecule has 0 saturated carbocycles. The second kappa shape index (κ2) is 7.79. The highest BCUT2D eigenvalue weighted by atomic mass is 32.2. The van der Waals surface area contributed by atoms with Gasteiger partial charge in [0.05, 0.1) is 0 Å². The monoisotopic (exact) mass is 384 g/mol. The molecule has 26 heavy (non-hydrogen) atoms. The van der Waals surface area contributed by atoms with Crippen molar-refractivity contribution in [3.05, 3.63) is 59.2 Å². The third-order valence-electron chi connectivity index (χ3n) is 3.72. The summed E-state index contributed by atoms with van der Waals surface area (Å²) in [7, 11) is -4.63. The van der Waals surface area contributed by atoms with E-state index in [0.717, 1.165) is 29.3 Å². The molecule has 2 N–H and O–H groups in total. The molecule has 0 aliphatic carbocycles. The Morgan fingerprint density at radius 1 is 1.08 bits per heavy atom. The number of hydrazine groups is 1. The van der Waals surface area contributed by atoms with Crippen LogP contribution in [-0.4, -0.2) is 20.4 Å². The van der Waals surface area contributed by atoms with E-state index in [9.17, 15) is 22.0 Å². The van der Waals surface area contributed by atoms with Crippen LogP contribution in [0, 0.1) is 25.5 Å². The van der Waals surface area contributed by atoms with Crippen LogP contribution >= 0.6 is 0 Å². The Labute approximate surface area is 150 Å². The van der Waals surface area contributed by atoms with Crippen molar-refractivity contribution in [3.8, 4) is 5.75 Å². The third kappa shape index (κ3) is 4.36. The number of carbonyl (C=O) groups is 1. The van der Waals surface area contributed by atoms with Crippen molar-refractivity contribution >= 4 is 15.9 Å². The average Bonchev–Trinajstić information content (AvgIpc) is 2.56. The van der Waals surface area contributed by atoms with Gasteiger partial charge in [-0.25, -0.2) is 17.2 Å². The first-order chi connectivity index (χ1) is 12.1. The number of rotatable bonds is 6. The van der Waals surface area contributed by atoms with E-state index in [1.807, 2.05) is 25.3 Å². The van der Waals surface area contributed by atoms with Gasteiger partial charge < -0.3 is 4.74 Å². The lowest BCUT2D eigenvalue weighted by Crippen LogP contribution is -2.47. The topological polar surface area (TPSA) is 84.5 Å². The Morgan fingerprint density at radius 3 is 2.27 bits per heavy atom. The summed E-state index contributed by atoms with van der Waals surface area (Å²) in [6.07, 6.45) is -1.05. The summed E-state index contributed by atoms with van der Waals surface area (Å²) in [4.78, 5) is 12.5. The lowest BCUT2D eigenvalue weighted by atomic mass is 10.1. The van der Waals surface area contributed by atoms with Gasteiger partial charge in [0, 0.05) is 0 Å². The van der Waals surface area contributed by atoms with Crippen molar-refractivity contribution in [2.45, 2.75) is 31.8 Å². The fraction of sp³-hybridized carbons (Fsp3) is 0.235. The first-order valence-corrected chi connectivity index (χ1v) is 9.10. The van der Waals surface area contributed by atoms with Crippen LogP contribution in [-0.2, 0) is 14.8 Å². The van der Waals surface area contributed by atoms with Gasteiger partial charge in [0.25, 0.3) is 15.9 Å². The summed E-state index contributed by atoms with van der Waals surface area (Å²) in [5, 5.41) is 0. The van der Waals surface area contributed by atoms with Gasteiger partial charge in [-0.15, -0.1) is 4.83 Å². The standard InChI is InChI=1S/C17H18F2N2O4S/c1-10-6-4-9-15(11(10)2)25-12(3)17(22)20-21-26(23,24)16-13(18)7-5-8-14(16)19/h4-9,12,21H,1-3H3,(H,20,22)/t12-/m0/s1. The van der Waals surface area contributed by atoms with Crippen LogP contribution in [0.2, 0.25) is 0 Å². The molecule has 0 aliphatic rings. The van der Waals surface area contributed by atoms with Crippen LogP contribution in [0.1, 0.15) is 18.1 Å². The fourth-order valence-corrected chi connectivity index (χ4v) is 3.09. The van der Waals surface area contributed by atoms with Crippen molar-refractivity contribution in [1.82, 2.24) is 10.3 Å². The number of sulfonamides is 1. The SMILES string of the molecule is Cc1cccc(O[C@@H](C)C(=O)NNS(=O)(=O)c2c(F)cccc2F)c1C. The summed E-state index contributed by atoms with van der Waals surface area (Å²) >= 11 is 0. The summed E-state index contributed by atoms with van der Waals surface area (Å²) in [6, 6.07) is 7.93. The van der Waals surface area contributed by atoms with Crippen LogP contribution < -0.4 is 15.0 Å². The molecule has 0 bridgehead atoms. The van der Waals surface area contributed by atoms with Gasteiger partial charge in [0.2, 0.25) is 0 Å². The van der Waals surface area contributed by atoms with Crippen molar-refractivity contribution in [2.75, 3.05) is 0 Å². The second-order valence-corrected chi connectivity index (χ2v) is 7.22. The summed E-state index contributed by atoms with van der Waals surface area (Å²) < 4.78 is 56.7. The van der Waals surface area contributed by atoms with Crippen molar-refractivity contribution in [3.63, 3.8) is 0 Å². The molecule has 0 saturated heterocycles. The van der Waals surface area contributed by atoms with Crippen molar-refractivity contribution in [1.29, 1.82) is 0 Å². The zero-order chi connectivity index (χ0) is 19.5. The third-order valence-corrected chi connectivity index (χ3v) is 5.02. The van der Waals surface area contributed by atoms with E-state index in [0.29, 0.717) is 5.75 Å². The van der Waals surface area contributed by atoms with E-state index in [1.165, 1.54) is 6.92 Å². The Balaban J connectivity index is 2.07. The molecule has 140 valence electrons. The molecule has 2 aromatic rings. The maximum absolute atomic E-state index is 13.6. The van der Waals surface area contributed by atoms with Gasteiger partial charge in [-0.3, -0.25) is 10.2 Å². The molecular formula is C17H18F2N2O4S. The van der Waals surface area contributed by atoms with Crippen LogP contribution in [0.15, 0.2) is 41.3 Å². The molecule has 0 spiro atoms. The number of nitrogens with one attached hydrogen (secondary N) is 2. The minimum absolute atomic E-state index is 0.468. The van der Waals surface area contributed by atoms with Gasteiger partial charge in [-0.1, -0.05) is 18.2 Å². The molecule has 2 aromatic carbocycles. The normalized spacial score (nSPS) is 12.5. The van der Waals surface area contributed by atoms with Crippen molar-refractivity contribution < 1.29 is 26.7 Å². The van der Waals surface area contributed by atoms with Crippen LogP contribution in [0.3, 0.4) is 0 Å². The molecule has 1 amide bonds. The Kier molecular flexibility index (Phi) is 5.94. The maximum atomic E-state index is 13.6. The van der Waals surface area contributed by atoms with Crippen LogP contribution in [0.5, 0.6) is 5.75 Å². The molecule has 2 rings (SSSR count). The summed E-state index contributed by atoms with van der Waals surface area (Å²) in [5.41, 5.74) is 3.69. The van der Waals surface area contributed by atoms with Gasteiger partial charge in [-0.2, -0.15) is 0 Å². The van der Waals surface area contributed by atoms with Crippen LogP contribution in [0.4, 0.5) is 8.78 Å². The zero-order valence-electron chi connectivity index (χ0n) is 14.3. The molecule has 0 radical (unpaired) electrons. The molecule has 6 nitrogen and oxygen atoms in total. The number of hydrogen-bond donors (Lipinski definition) is 2. The predicted octanol–water partition coefficient (Wildman–Crippen LogP) is 2.36. The minimum Gasteiger partial charge on any atom is -0.481 e. The molecular weight excluding hydrogens is 366 g/mol. The van der Waals surface area contributed by atoms with E-state index in [1.54, 1.807) is 17.0 Å². The number of benzene rings is 2. The van der Waals surface area contributed by atoms with Gasteiger partial charge in [-0.05, 0) is 50.1 Å². The smallest absolute Gasteiger partial charge is 0.275 e. The summed E-state index contributed by atoms with van der Waals surface area (Å²) in [5.74, 6) is -2.90. The number of amides is 1. The fourth-order valence-electron chi connectivity index (χ4n) is 2.11. The van der Waals surface area contributed by atoms with Gasteiger partial charge in [0.15, 0.2) is 11.0 Å². The highest BCUT2D eigenvalue weighted by Crippen LogP contribution is 2.22. The average molecular weight is 384 g/mol. The number of hydrogen-bond acceptors (Lipinski definition) is 4. The predicted molar refractivity (Wildman–Crippen MR) is 90.8 cm³/mol. The number of ether oxygens (including phenoxy) is 1. The molecule has 0 heterocycles. The first kappa shape index (κ1) is 19.8. The lowest BCUT2D eigenvalue weighted by Gasteiger charge is -2.17. The Hall–Kier alpha value is -2.52. The number of halogens is 2. The molecule has 1 atom stereocenters. The highest BCUT2D eigenvalue weighted by molar-refractivity contribution is 7.89. The molecule has 0 fully saturated rings. The van der Waals surface area contributed by atoms with E-state index in [-0.39, 0.29) is 0 Å². The largest absolute Gasteiger partial charge is 0.481 e. The Morgan fingerprint density at radius 2 is 1.65 bits per heavy atom. The van der Waals surface area contributed by atoms with Crippen molar-refractivity contribution in [2.24, 2.45) is 0 Å². The van der Waals surface area contributed by atoms with Gasteiger partial charge in [0.1, 0.15) is 17.4 Å². The summed E-state index contributed by atoms with van der Waals surface area (Å²) in [6.45, 7) is 5.11. The van der Waals surface area contributed by atoms with Crippen LogP contribution in [0.25, 0.3) is 0 Å². The molecule has 0 aromatic heterocycles. The molecule has 0 aliphatic heterocycles. The zero-order valence-corrected chi connectivity index (χ0v) is 15.2. The minimum atomic E-state index is -4.63. The first-order valence-electron chi connectivity index (χ1n) is 7.62. The number of carbonyl (C=O) groups excluding carboxylic acids is 1. The molecule has 0 unspecified atom stereocenters.